The molecular formula is C20H18ClN5O. The van der Waals surface area contributed by atoms with E-state index in [0.717, 1.165) is 28.1 Å². The minimum Gasteiger partial charge on any atom is -0.494 e. The van der Waals surface area contributed by atoms with Crippen molar-refractivity contribution in [3.63, 3.8) is 0 Å². The Morgan fingerprint density at radius 3 is 2.67 bits per heavy atom. The molecule has 0 aliphatic heterocycles. The van der Waals surface area contributed by atoms with Crippen LogP contribution in [0, 0.1) is 6.92 Å². The van der Waals surface area contributed by atoms with Crippen LogP contribution in [0.5, 0.6) is 5.75 Å². The molecule has 0 saturated carbocycles. The molecule has 4 aromatic rings. The van der Waals surface area contributed by atoms with E-state index in [1.807, 2.05) is 56.3 Å². The van der Waals surface area contributed by atoms with Crippen molar-refractivity contribution in [3.8, 4) is 11.4 Å². The largest absolute Gasteiger partial charge is 0.494 e. The van der Waals surface area contributed by atoms with Gasteiger partial charge in [0.05, 0.1) is 23.9 Å². The maximum absolute atomic E-state index is 6.26. The second-order valence-electron chi connectivity index (χ2n) is 6.03. The number of hydrogen-bond acceptors (Lipinski definition) is 5. The Kier molecular flexibility index (Phi) is 4.64. The molecule has 0 spiro atoms. The summed E-state index contributed by atoms with van der Waals surface area (Å²) in [5.74, 6) is 1.52. The van der Waals surface area contributed by atoms with E-state index in [4.69, 9.17) is 16.3 Å². The van der Waals surface area contributed by atoms with Crippen molar-refractivity contribution >= 4 is 34.1 Å². The van der Waals surface area contributed by atoms with Gasteiger partial charge in [-0.25, -0.2) is 14.6 Å². The number of fused-ring (bicyclic) bond motifs is 1. The summed E-state index contributed by atoms with van der Waals surface area (Å²) in [5.41, 5.74) is 3.48. The Labute approximate surface area is 161 Å². The molecule has 2 heterocycles. The fraction of sp³-hybridized carbons (Fsp3) is 0.150. The van der Waals surface area contributed by atoms with E-state index in [9.17, 15) is 0 Å². The second kappa shape index (κ2) is 7.25. The molecule has 7 heteroatoms. The van der Waals surface area contributed by atoms with Crippen LogP contribution in [-0.2, 0) is 0 Å². The van der Waals surface area contributed by atoms with Crippen LogP contribution in [0.2, 0.25) is 5.02 Å². The first-order valence-corrected chi connectivity index (χ1v) is 8.98. The summed E-state index contributed by atoms with van der Waals surface area (Å²) in [6, 6.07) is 13.5. The van der Waals surface area contributed by atoms with Gasteiger partial charge in [0.1, 0.15) is 17.9 Å². The Balaban J connectivity index is 1.69. The van der Waals surface area contributed by atoms with Crippen LogP contribution in [0.4, 0.5) is 11.5 Å². The average Bonchev–Trinajstić information content (AvgIpc) is 3.11. The lowest BCUT2D eigenvalue weighted by atomic mass is 10.2. The number of nitrogens with one attached hydrogen (secondary N) is 1. The molecule has 2 aromatic carbocycles. The van der Waals surface area contributed by atoms with E-state index in [2.05, 4.69) is 20.4 Å². The van der Waals surface area contributed by atoms with Gasteiger partial charge in [-0.1, -0.05) is 17.7 Å². The maximum Gasteiger partial charge on any atom is 0.168 e. The van der Waals surface area contributed by atoms with Crippen LogP contribution < -0.4 is 10.1 Å². The molecule has 0 aliphatic carbocycles. The van der Waals surface area contributed by atoms with Gasteiger partial charge in [0, 0.05) is 10.7 Å². The molecule has 0 saturated heterocycles. The number of aromatic nitrogens is 4. The number of anilines is 2. The highest BCUT2D eigenvalue weighted by molar-refractivity contribution is 6.31. The van der Waals surface area contributed by atoms with E-state index >= 15 is 0 Å². The minimum atomic E-state index is 0.640. The normalized spacial score (nSPS) is 10.9. The summed E-state index contributed by atoms with van der Waals surface area (Å²) in [5, 5.41) is 9.30. The molecule has 0 atom stereocenters. The van der Waals surface area contributed by atoms with Gasteiger partial charge in [0.2, 0.25) is 0 Å². The van der Waals surface area contributed by atoms with Crippen LogP contribution in [0.15, 0.2) is 55.0 Å². The zero-order chi connectivity index (χ0) is 18.8. The van der Waals surface area contributed by atoms with E-state index in [-0.39, 0.29) is 0 Å². The van der Waals surface area contributed by atoms with Gasteiger partial charge >= 0.3 is 0 Å². The van der Waals surface area contributed by atoms with Gasteiger partial charge in [0.25, 0.3) is 0 Å². The Morgan fingerprint density at radius 2 is 1.93 bits per heavy atom. The molecule has 27 heavy (non-hydrogen) atoms. The third kappa shape index (κ3) is 3.44. The van der Waals surface area contributed by atoms with Gasteiger partial charge in [-0.3, -0.25) is 0 Å². The average molecular weight is 380 g/mol. The van der Waals surface area contributed by atoms with Crippen molar-refractivity contribution in [2.75, 3.05) is 11.9 Å². The monoisotopic (exact) mass is 379 g/mol. The number of aryl methyl sites for hydroxylation is 1. The molecule has 1 N–H and O–H groups in total. The first-order chi connectivity index (χ1) is 13.2. The lowest BCUT2D eigenvalue weighted by Gasteiger charge is -2.09. The molecule has 0 unspecified atom stereocenters. The van der Waals surface area contributed by atoms with Crippen molar-refractivity contribution in [1.29, 1.82) is 0 Å². The number of benzene rings is 2. The number of hydrogen-bond donors (Lipinski definition) is 1. The summed E-state index contributed by atoms with van der Waals surface area (Å²) in [6.45, 7) is 4.57. The van der Waals surface area contributed by atoms with Gasteiger partial charge in [-0.2, -0.15) is 5.10 Å². The number of nitrogens with zero attached hydrogens (tertiary/aromatic N) is 4. The lowest BCUT2D eigenvalue weighted by molar-refractivity contribution is 0.340. The van der Waals surface area contributed by atoms with Crippen LogP contribution in [0.3, 0.4) is 0 Å². The van der Waals surface area contributed by atoms with E-state index in [1.54, 1.807) is 10.9 Å². The van der Waals surface area contributed by atoms with Gasteiger partial charge in [-0.15, -0.1) is 0 Å². The first-order valence-electron chi connectivity index (χ1n) is 8.61. The molecule has 0 bridgehead atoms. The molecule has 0 amide bonds. The molecule has 0 aliphatic rings. The zero-order valence-electron chi connectivity index (χ0n) is 15.0. The Morgan fingerprint density at radius 1 is 1.11 bits per heavy atom. The van der Waals surface area contributed by atoms with Crippen molar-refractivity contribution < 1.29 is 4.74 Å². The van der Waals surface area contributed by atoms with E-state index < -0.39 is 0 Å². The van der Waals surface area contributed by atoms with Crippen LogP contribution in [0.1, 0.15) is 12.5 Å². The quantitative estimate of drug-likeness (QED) is 0.533. The van der Waals surface area contributed by atoms with Crippen molar-refractivity contribution in [2.24, 2.45) is 0 Å². The summed E-state index contributed by atoms with van der Waals surface area (Å²) in [6.07, 6.45) is 3.27. The van der Waals surface area contributed by atoms with Crippen LogP contribution in [0.25, 0.3) is 16.7 Å². The van der Waals surface area contributed by atoms with Crippen LogP contribution >= 0.6 is 11.6 Å². The fourth-order valence-electron chi connectivity index (χ4n) is 2.78. The third-order valence-corrected chi connectivity index (χ3v) is 4.60. The molecule has 2 aromatic heterocycles. The molecule has 6 nitrogen and oxygen atoms in total. The van der Waals surface area contributed by atoms with E-state index in [1.165, 1.54) is 6.33 Å². The predicted octanol–water partition coefficient (Wildman–Crippen LogP) is 4.92. The number of halogens is 1. The highest BCUT2D eigenvalue weighted by atomic mass is 35.5. The lowest BCUT2D eigenvalue weighted by Crippen LogP contribution is -2.00. The standard InChI is InChI=1S/C20H18ClN5O/c1-3-27-16-8-5-14(6-9-16)25-19-17-11-24-26(20(17)23-12-22-19)15-7-4-13(2)18(21)10-15/h4-12H,3H2,1-2H3,(H,22,23,25). The molecule has 4 rings (SSSR count). The fourth-order valence-corrected chi connectivity index (χ4v) is 2.96. The predicted molar refractivity (Wildman–Crippen MR) is 107 cm³/mol. The molecule has 0 radical (unpaired) electrons. The molecule has 136 valence electrons. The molecular weight excluding hydrogens is 362 g/mol. The van der Waals surface area contributed by atoms with Crippen molar-refractivity contribution in [3.05, 3.63) is 65.6 Å². The second-order valence-corrected chi connectivity index (χ2v) is 6.44. The topological polar surface area (TPSA) is 64.9 Å². The summed E-state index contributed by atoms with van der Waals surface area (Å²) >= 11 is 6.26. The van der Waals surface area contributed by atoms with Crippen molar-refractivity contribution in [2.45, 2.75) is 13.8 Å². The van der Waals surface area contributed by atoms with Gasteiger partial charge < -0.3 is 10.1 Å². The Hall–Kier alpha value is -3.12. The number of ether oxygens (including phenoxy) is 1. The van der Waals surface area contributed by atoms with Gasteiger partial charge in [0.15, 0.2) is 5.65 Å². The SMILES string of the molecule is CCOc1ccc(Nc2ncnc3c2cnn3-c2ccc(C)c(Cl)c2)cc1. The highest BCUT2D eigenvalue weighted by Crippen LogP contribution is 2.27. The Bertz CT molecular complexity index is 1090. The van der Waals surface area contributed by atoms with Gasteiger partial charge in [-0.05, 0) is 55.8 Å². The van der Waals surface area contributed by atoms with Crippen molar-refractivity contribution in [1.82, 2.24) is 19.7 Å². The third-order valence-electron chi connectivity index (χ3n) is 4.19. The smallest absolute Gasteiger partial charge is 0.168 e. The van der Waals surface area contributed by atoms with E-state index in [0.29, 0.717) is 23.1 Å². The molecule has 0 fully saturated rings. The zero-order valence-corrected chi connectivity index (χ0v) is 15.7. The highest BCUT2D eigenvalue weighted by Gasteiger charge is 2.12. The maximum atomic E-state index is 6.26. The van der Waals surface area contributed by atoms with Crippen LogP contribution in [-0.4, -0.2) is 26.4 Å². The first kappa shape index (κ1) is 17.3. The summed E-state index contributed by atoms with van der Waals surface area (Å²) in [4.78, 5) is 8.76. The number of rotatable bonds is 5. The summed E-state index contributed by atoms with van der Waals surface area (Å²) < 4.78 is 7.23. The summed E-state index contributed by atoms with van der Waals surface area (Å²) in [7, 11) is 0. The minimum absolute atomic E-state index is 0.640.